The van der Waals surface area contributed by atoms with Crippen molar-refractivity contribution < 1.29 is 38.9 Å². The second-order valence-electron chi connectivity index (χ2n) is 3.10. The molecule has 0 aromatic rings. The number of carbonyl (C=O) groups excluding carboxylic acids is 2. The Bertz CT molecular complexity index is 336. The van der Waals surface area contributed by atoms with Crippen molar-refractivity contribution in [3.8, 4) is 0 Å². The molecular formula is C12H16O8. The van der Waals surface area contributed by atoms with Gasteiger partial charge in [0, 0.05) is 0 Å². The average molecular weight is 288 g/mol. The average Bonchev–Trinajstić information content (AvgIpc) is 2.35. The highest BCUT2D eigenvalue weighted by molar-refractivity contribution is 5.78. The number of hydrogen-bond donors (Lipinski definition) is 2. The second kappa shape index (κ2) is 12.8. The van der Waals surface area contributed by atoms with E-state index in [1.54, 1.807) is 0 Å². The molecule has 0 spiro atoms. The number of aliphatic carboxylic acids is 2. The summed E-state index contributed by atoms with van der Waals surface area (Å²) in [5, 5.41) is 15.8. The largest absolute Gasteiger partial charge is 0.481 e. The standard InChI is InChI=1S/C8H10O4.C4H6O4/c1-3-11-7(9)5-6-8(10)12-4-2;5-3(6)1-2-4(7)8/h3-4H,1-2,5-6H2;1-2H2,(H,5,6)(H,7,8). The molecule has 0 aliphatic rings. The molecule has 0 unspecified atom stereocenters. The molecule has 0 amide bonds. The van der Waals surface area contributed by atoms with Crippen molar-refractivity contribution in [3.05, 3.63) is 25.7 Å². The highest BCUT2D eigenvalue weighted by Crippen LogP contribution is 1.95. The first kappa shape index (κ1) is 19.7. The molecule has 0 fully saturated rings. The number of ether oxygens (including phenoxy) is 2. The highest BCUT2D eigenvalue weighted by Gasteiger charge is 2.06. The Labute approximate surface area is 115 Å². The van der Waals surface area contributed by atoms with E-state index in [2.05, 4.69) is 22.6 Å². The molecule has 8 nitrogen and oxygen atoms in total. The summed E-state index contributed by atoms with van der Waals surface area (Å²) < 4.78 is 8.72. The molecule has 8 heteroatoms. The maximum atomic E-state index is 10.6. The van der Waals surface area contributed by atoms with Crippen LogP contribution in [0.3, 0.4) is 0 Å². The number of carboxylic acids is 2. The van der Waals surface area contributed by atoms with Crippen LogP contribution < -0.4 is 0 Å². The topological polar surface area (TPSA) is 127 Å². The molecule has 0 saturated carbocycles. The Balaban J connectivity index is 0. The van der Waals surface area contributed by atoms with Gasteiger partial charge in [0.15, 0.2) is 0 Å². The van der Waals surface area contributed by atoms with E-state index in [0.717, 1.165) is 12.5 Å². The van der Waals surface area contributed by atoms with Crippen LogP contribution >= 0.6 is 0 Å². The van der Waals surface area contributed by atoms with E-state index < -0.39 is 23.9 Å². The number of hydrogen-bond acceptors (Lipinski definition) is 6. The predicted octanol–water partition coefficient (Wildman–Crippen LogP) is 1.08. The molecule has 0 atom stereocenters. The van der Waals surface area contributed by atoms with Crippen molar-refractivity contribution in [1.82, 2.24) is 0 Å². The van der Waals surface area contributed by atoms with Crippen LogP contribution in [0, 0.1) is 0 Å². The Kier molecular flexibility index (Phi) is 12.6. The van der Waals surface area contributed by atoms with E-state index in [1.165, 1.54) is 0 Å². The monoisotopic (exact) mass is 288 g/mol. The van der Waals surface area contributed by atoms with Crippen molar-refractivity contribution >= 4 is 23.9 Å². The van der Waals surface area contributed by atoms with E-state index in [9.17, 15) is 19.2 Å². The molecule has 0 rings (SSSR count). The highest BCUT2D eigenvalue weighted by atomic mass is 16.5. The van der Waals surface area contributed by atoms with Crippen molar-refractivity contribution in [1.29, 1.82) is 0 Å². The van der Waals surface area contributed by atoms with E-state index in [4.69, 9.17) is 10.2 Å². The minimum absolute atomic E-state index is 0.0152. The summed E-state index contributed by atoms with van der Waals surface area (Å²) in [4.78, 5) is 40.5. The molecule has 0 bridgehead atoms. The molecule has 2 N–H and O–H groups in total. The minimum atomic E-state index is -1.08. The quantitative estimate of drug-likeness (QED) is 0.501. The first-order valence-corrected chi connectivity index (χ1v) is 5.37. The molecule has 0 radical (unpaired) electrons. The number of carboxylic acid groups (broad SMARTS) is 2. The molecule has 0 saturated heterocycles. The van der Waals surface area contributed by atoms with Gasteiger partial charge < -0.3 is 19.7 Å². The summed E-state index contributed by atoms with van der Waals surface area (Å²) in [6.45, 7) is 6.38. The van der Waals surface area contributed by atoms with Crippen molar-refractivity contribution in [2.24, 2.45) is 0 Å². The third-order valence-electron chi connectivity index (χ3n) is 1.52. The smallest absolute Gasteiger partial charge is 0.311 e. The van der Waals surface area contributed by atoms with Crippen LogP contribution in [0.5, 0.6) is 0 Å². The van der Waals surface area contributed by atoms with Crippen LogP contribution in [-0.2, 0) is 28.7 Å². The lowest BCUT2D eigenvalue weighted by atomic mass is 10.3. The van der Waals surface area contributed by atoms with Gasteiger partial charge in [-0.15, -0.1) is 0 Å². The van der Waals surface area contributed by atoms with Gasteiger partial charge in [-0.1, -0.05) is 13.2 Å². The third kappa shape index (κ3) is 17.7. The Morgan fingerprint density at radius 1 is 0.750 bits per heavy atom. The Morgan fingerprint density at radius 3 is 1.25 bits per heavy atom. The van der Waals surface area contributed by atoms with E-state index >= 15 is 0 Å². The normalized spacial score (nSPS) is 8.40. The number of carbonyl (C=O) groups is 4. The Morgan fingerprint density at radius 2 is 1.05 bits per heavy atom. The van der Waals surface area contributed by atoms with Gasteiger partial charge in [-0.05, 0) is 0 Å². The Hall–Kier alpha value is -2.64. The van der Waals surface area contributed by atoms with E-state index in [1.807, 2.05) is 0 Å². The fraction of sp³-hybridized carbons (Fsp3) is 0.333. The van der Waals surface area contributed by atoms with Gasteiger partial charge in [-0.25, -0.2) is 0 Å². The summed E-state index contributed by atoms with van der Waals surface area (Å²) in [7, 11) is 0. The van der Waals surface area contributed by atoms with Gasteiger partial charge in [-0.2, -0.15) is 0 Å². The van der Waals surface area contributed by atoms with Gasteiger partial charge in [0.2, 0.25) is 0 Å². The zero-order valence-corrected chi connectivity index (χ0v) is 10.7. The molecule has 112 valence electrons. The van der Waals surface area contributed by atoms with Gasteiger partial charge in [-0.3, -0.25) is 19.2 Å². The zero-order valence-electron chi connectivity index (χ0n) is 10.7. The summed E-state index contributed by atoms with van der Waals surface area (Å²) in [5.41, 5.74) is 0. The lowest BCUT2D eigenvalue weighted by Crippen LogP contribution is -2.05. The molecular weight excluding hydrogens is 272 g/mol. The van der Waals surface area contributed by atoms with Crippen LogP contribution in [0.25, 0.3) is 0 Å². The van der Waals surface area contributed by atoms with Gasteiger partial charge >= 0.3 is 23.9 Å². The fourth-order valence-corrected chi connectivity index (χ4v) is 0.722. The van der Waals surface area contributed by atoms with Gasteiger partial charge in [0.05, 0.1) is 38.2 Å². The predicted molar refractivity (Wildman–Crippen MR) is 66.3 cm³/mol. The van der Waals surface area contributed by atoms with Gasteiger partial charge in [0.1, 0.15) is 0 Å². The molecule has 0 heterocycles. The van der Waals surface area contributed by atoms with Crippen LogP contribution in [-0.4, -0.2) is 34.1 Å². The van der Waals surface area contributed by atoms with Crippen LogP contribution in [0.15, 0.2) is 25.7 Å². The first-order chi connectivity index (χ1) is 9.33. The van der Waals surface area contributed by atoms with Crippen molar-refractivity contribution in [3.63, 3.8) is 0 Å². The molecule has 0 aliphatic heterocycles. The van der Waals surface area contributed by atoms with Gasteiger partial charge in [0.25, 0.3) is 0 Å². The maximum absolute atomic E-state index is 10.6. The number of esters is 2. The molecule has 0 aromatic heterocycles. The van der Waals surface area contributed by atoms with Crippen LogP contribution in [0.4, 0.5) is 0 Å². The zero-order chi connectivity index (χ0) is 16.0. The van der Waals surface area contributed by atoms with Crippen LogP contribution in [0.2, 0.25) is 0 Å². The summed E-state index contributed by atoms with van der Waals surface area (Å²) in [6.07, 6.45) is 1.41. The summed E-state index contributed by atoms with van der Waals surface area (Å²) in [6, 6.07) is 0. The molecule has 20 heavy (non-hydrogen) atoms. The lowest BCUT2D eigenvalue weighted by Gasteiger charge is -1.97. The molecule has 0 aromatic carbocycles. The lowest BCUT2D eigenvalue weighted by molar-refractivity contribution is -0.144. The minimum Gasteiger partial charge on any atom is -0.481 e. The maximum Gasteiger partial charge on any atom is 0.311 e. The van der Waals surface area contributed by atoms with E-state index in [-0.39, 0.29) is 25.7 Å². The van der Waals surface area contributed by atoms with Crippen molar-refractivity contribution in [2.45, 2.75) is 25.7 Å². The number of rotatable bonds is 8. The summed E-state index contributed by atoms with van der Waals surface area (Å²) >= 11 is 0. The molecule has 0 aliphatic carbocycles. The summed E-state index contributed by atoms with van der Waals surface area (Å²) in [5.74, 6) is -3.17. The van der Waals surface area contributed by atoms with E-state index in [0.29, 0.717) is 0 Å². The second-order valence-corrected chi connectivity index (χ2v) is 3.10. The SMILES string of the molecule is C=COC(=O)CCC(=O)OC=C.O=C(O)CCC(=O)O. The van der Waals surface area contributed by atoms with Crippen molar-refractivity contribution in [2.75, 3.05) is 0 Å². The van der Waals surface area contributed by atoms with Crippen LogP contribution in [0.1, 0.15) is 25.7 Å². The first-order valence-electron chi connectivity index (χ1n) is 5.37. The third-order valence-corrected chi connectivity index (χ3v) is 1.52. The fourth-order valence-electron chi connectivity index (χ4n) is 0.722.